The fraction of sp³-hybridized carbons (Fsp3) is 0.171. The number of hydrogen-bond acceptors (Lipinski definition) is 4. The number of carboxylic acid groups (broad SMARTS) is 1. The number of ether oxygens (including phenoxy) is 1. The van der Waals surface area contributed by atoms with Crippen LogP contribution in [0.15, 0.2) is 139 Å². The maximum Gasteiger partial charge on any atom is 0.339 e. The lowest BCUT2D eigenvalue weighted by molar-refractivity contribution is -0.134. The quantitative estimate of drug-likeness (QED) is 0.0358. The summed E-state index contributed by atoms with van der Waals surface area (Å²) in [4.78, 5) is 25.0. The first-order valence-electron chi connectivity index (χ1n) is 15.9. The summed E-state index contributed by atoms with van der Waals surface area (Å²) in [5, 5.41) is 14.2. The Hall–Kier alpha value is -4.52. The molecule has 0 saturated heterocycles. The van der Waals surface area contributed by atoms with E-state index >= 15 is 0 Å². The predicted molar refractivity (Wildman–Crippen MR) is 193 cm³/mol. The molecule has 0 radical (unpaired) electrons. The lowest BCUT2D eigenvalue weighted by atomic mass is 9.77. The van der Waals surface area contributed by atoms with Crippen LogP contribution in [-0.2, 0) is 32.9 Å². The number of carbonyl (C=O) groups is 2. The van der Waals surface area contributed by atoms with Gasteiger partial charge in [0.1, 0.15) is 5.57 Å². The third-order valence-corrected chi connectivity index (χ3v) is 8.95. The van der Waals surface area contributed by atoms with E-state index in [1.54, 1.807) is 18.2 Å². The van der Waals surface area contributed by atoms with Gasteiger partial charge in [0.15, 0.2) is 5.78 Å². The van der Waals surface area contributed by atoms with Gasteiger partial charge in [0.2, 0.25) is 0 Å². The van der Waals surface area contributed by atoms with Gasteiger partial charge in [-0.25, -0.2) is 4.79 Å². The van der Waals surface area contributed by atoms with Crippen LogP contribution in [0.4, 0.5) is 0 Å². The van der Waals surface area contributed by atoms with Gasteiger partial charge in [-0.1, -0.05) is 145 Å². The first-order chi connectivity index (χ1) is 23.4. The van der Waals surface area contributed by atoms with E-state index in [4.69, 9.17) is 27.9 Å². The molecule has 48 heavy (non-hydrogen) atoms. The molecule has 5 nitrogen and oxygen atoms in total. The van der Waals surface area contributed by atoms with Gasteiger partial charge >= 0.3 is 5.97 Å². The van der Waals surface area contributed by atoms with E-state index < -0.39 is 17.3 Å². The number of rotatable bonds is 16. The second kappa shape index (κ2) is 17.0. The minimum Gasteiger partial charge on any atom is -0.478 e. The zero-order valence-corrected chi connectivity index (χ0v) is 28.0. The summed E-state index contributed by atoms with van der Waals surface area (Å²) < 4.78 is 6.13. The van der Waals surface area contributed by atoms with Crippen LogP contribution in [0.2, 0.25) is 10.0 Å². The Morgan fingerprint density at radius 1 is 0.688 bits per heavy atom. The van der Waals surface area contributed by atoms with Crippen molar-refractivity contribution < 1.29 is 19.4 Å². The van der Waals surface area contributed by atoms with Gasteiger partial charge in [0, 0.05) is 28.6 Å². The number of ketones is 1. The van der Waals surface area contributed by atoms with Gasteiger partial charge in [0.05, 0.1) is 12.1 Å². The molecule has 5 aromatic carbocycles. The Morgan fingerprint density at radius 2 is 1.19 bits per heavy atom. The van der Waals surface area contributed by atoms with Crippen LogP contribution < -0.4 is 5.32 Å². The highest BCUT2D eigenvalue weighted by atomic mass is 35.5. The fourth-order valence-corrected chi connectivity index (χ4v) is 6.39. The van der Waals surface area contributed by atoms with Crippen molar-refractivity contribution >= 4 is 41.0 Å². The van der Waals surface area contributed by atoms with Crippen LogP contribution in [0.5, 0.6) is 0 Å². The highest BCUT2D eigenvalue weighted by molar-refractivity contribution is 6.37. The topological polar surface area (TPSA) is 75.6 Å². The Bertz CT molecular complexity index is 1730. The number of hydrogen-bond donors (Lipinski definition) is 2. The summed E-state index contributed by atoms with van der Waals surface area (Å²) in [7, 11) is 0. The van der Waals surface area contributed by atoms with Crippen molar-refractivity contribution in [2.45, 2.75) is 31.4 Å². The number of Topliss-reactive ketones (excluding diaryl/α,β-unsaturated/α-hetero) is 1. The van der Waals surface area contributed by atoms with Gasteiger partial charge in [-0.3, -0.25) is 10.1 Å². The van der Waals surface area contributed by atoms with Gasteiger partial charge in [0.25, 0.3) is 0 Å². The van der Waals surface area contributed by atoms with E-state index in [-0.39, 0.29) is 22.0 Å². The molecule has 0 atom stereocenters. The van der Waals surface area contributed by atoms with E-state index in [9.17, 15) is 14.7 Å². The maximum absolute atomic E-state index is 13.0. The van der Waals surface area contributed by atoms with Crippen LogP contribution in [0.25, 0.3) is 6.08 Å². The molecule has 0 aromatic heterocycles. The molecule has 7 heteroatoms. The monoisotopic (exact) mass is 677 g/mol. The lowest BCUT2D eigenvalue weighted by Crippen LogP contribution is -2.45. The van der Waals surface area contributed by atoms with Gasteiger partial charge in [-0.05, 0) is 65.4 Å². The van der Waals surface area contributed by atoms with E-state index in [1.807, 2.05) is 42.5 Å². The normalized spacial score (nSPS) is 11.8. The van der Waals surface area contributed by atoms with Crippen molar-refractivity contribution in [3.05, 3.63) is 182 Å². The van der Waals surface area contributed by atoms with Crippen LogP contribution in [0.1, 0.15) is 46.2 Å². The van der Waals surface area contributed by atoms with Crippen LogP contribution in [0.3, 0.4) is 0 Å². The summed E-state index contributed by atoms with van der Waals surface area (Å²) >= 11 is 12.4. The number of aryl methyl sites for hydroxylation is 1. The molecule has 5 rings (SSSR count). The summed E-state index contributed by atoms with van der Waals surface area (Å²) in [6.07, 6.45) is 2.41. The number of halogens is 2. The first kappa shape index (κ1) is 34.8. The second-order valence-corrected chi connectivity index (χ2v) is 12.2. The molecule has 5 aromatic rings. The van der Waals surface area contributed by atoms with E-state index in [0.29, 0.717) is 31.7 Å². The predicted octanol–water partition coefficient (Wildman–Crippen LogP) is 9.15. The maximum atomic E-state index is 13.0. The molecule has 0 fully saturated rings. The molecule has 0 spiro atoms. The van der Waals surface area contributed by atoms with Crippen molar-refractivity contribution in [3.63, 3.8) is 0 Å². The first-order valence-corrected chi connectivity index (χ1v) is 16.6. The summed E-state index contributed by atoms with van der Waals surface area (Å²) in [6.45, 7) is 1.61. The zero-order valence-electron chi connectivity index (χ0n) is 26.4. The van der Waals surface area contributed by atoms with Crippen LogP contribution in [-0.4, -0.2) is 30.0 Å². The van der Waals surface area contributed by atoms with Crippen molar-refractivity contribution in [2.75, 3.05) is 13.2 Å². The molecule has 244 valence electrons. The molecule has 0 amide bonds. The third kappa shape index (κ3) is 8.49. The van der Waals surface area contributed by atoms with Crippen LogP contribution >= 0.6 is 23.2 Å². The van der Waals surface area contributed by atoms with Crippen molar-refractivity contribution in [2.24, 2.45) is 0 Å². The minimum absolute atomic E-state index is 0.0156. The number of aliphatic carboxylic acids is 1. The van der Waals surface area contributed by atoms with Gasteiger partial charge < -0.3 is 9.84 Å². The Kier molecular flexibility index (Phi) is 12.4. The molecule has 0 heterocycles. The average molecular weight is 679 g/mol. The molecule has 0 unspecified atom stereocenters. The molecule has 0 aliphatic heterocycles. The molecular formula is C41H37Cl2NO4. The van der Waals surface area contributed by atoms with E-state index in [0.717, 1.165) is 34.2 Å². The second-order valence-electron chi connectivity index (χ2n) is 11.4. The molecule has 0 saturated carbocycles. The summed E-state index contributed by atoms with van der Waals surface area (Å²) in [5.74, 6) is -1.82. The molecule has 0 aliphatic rings. The molecular weight excluding hydrogens is 641 g/mol. The Labute approximate surface area is 291 Å². The zero-order chi connectivity index (χ0) is 33.8. The summed E-state index contributed by atoms with van der Waals surface area (Å²) in [6, 6.07) is 44.1. The highest BCUT2D eigenvalue weighted by Crippen LogP contribution is 2.36. The van der Waals surface area contributed by atoms with Crippen LogP contribution in [0, 0.1) is 0 Å². The third-order valence-electron chi connectivity index (χ3n) is 8.29. The Morgan fingerprint density at radius 3 is 1.71 bits per heavy atom. The van der Waals surface area contributed by atoms with Crippen molar-refractivity contribution in [1.29, 1.82) is 0 Å². The van der Waals surface area contributed by atoms with Crippen molar-refractivity contribution in [3.8, 4) is 0 Å². The minimum atomic E-state index is -1.32. The number of carboxylic acids is 1. The van der Waals surface area contributed by atoms with Gasteiger partial charge in [-0.2, -0.15) is 0 Å². The standard InChI is InChI=1S/C41H37Cl2NO4/c42-37-22-12-23-38(43)35(37)28-36(40(46)47)39(45)25-24-30-14-10-11-15-31(30)29-48-27-13-26-44-41(32-16-4-1-5-17-32,33-18-6-2-7-19-33)34-20-8-3-9-21-34/h1-12,14-23,28,44H,13,24-27,29H2,(H,46,47). The van der Waals surface area contributed by atoms with Crippen molar-refractivity contribution in [1.82, 2.24) is 5.32 Å². The number of carbonyl (C=O) groups excluding carboxylic acids is 1. The van der Waals surface area contributed by atoms with E-state index in [1.165, 1.54) is 6.08 Å². The lowest BCUT2D eigenvalue weighted by Gasteiger charge is -2.37. The molecule has 2 N–H and O–H groups in total. The largest absolute Gasteiger partial charge is 0.478 e. The fourth-order valence-electron chi connectivity index (χ4n) is 5.88. The molecule has 0 bridgehead atoms. The smallest absolute Gasteiger partial charge is 0.339 e. The molecule has 0 aliphatic carbocycles. The van der Waals surface area contributed by atoms with E-state index in [2.05, 4.69) is 78.1 Å². The highest BCUT2D eigenvalue weighted by Gasteiger charge is 2.35. The number of nitrogens with one attached hydrogen (secondary N) is 1. The van der Waals surface area contributed by atoms with Gasteiger partial charge in [-0.15, -0.1) is 0 Å². The summed E-state index contributed by atoms with van der Waals surface area (Å²) in [5.41, 5.74) is 4.77. The number of benzene rings is 5. The SMILES string of the molecule is O=C(O)C(=Cc1c(Cl)cccc1Cl)C(=O)CCc1ccccc1COCCCNC(c1ccccc1)(c1ccccc1)c1ccccc1. The Balaban J connectivity index is 1.22. The average Bonchev–Trinajstić information content (AvgIpc) is 3.11.